The Labute approximate surface area is 102 Å². The lowest BCUT2D eigenvalue weighted by atomic mass is 9.98. The van der Waals surface area contributed by atoms with E-state index in [9.17, 15) is 0 Å². The van der Waals surface area contributed by atoms with E-state index in [0.29, 0.717) is 6.04 Å². The molecule has 4 heteroatoms. The number of likely N-dealkylation sites (N-methyl/N-ethyl adjacent to an activating group) is 1. The number of piperazine rings is 1. The smallest absolute Gasteiger partial charge is 0.0465 e. The SMILES string of the molecule is CN1CCNCC1C(N)c1ccc(Cl)cc1. The third-order valence-corrected chi connectivity index (χ3v) is 3.48. The van der Waals surface area contributed by atoms with Crippen LogP contribution < -0.4 is 11.1 Å². The first kappa shape index (κ1) is 11.9. The van der Waals surface area contributed by atoms with E-state index in [-0.39, 0.29) is 6.04 Å². The second-order valence-corrected chi connectivity index (χ2v) is 4.77. The normalized spacial score (nSPS) is 24.3. The van der Waals surface area contributed by atoms with E-state index in [1.165, 1.54) is 0 Å². The molecule has 2 atom stereocenters. The predicted octanol–water partition coefficient (Wildman–Crippen LogP) is 1.24. The lowest BCUT2D eigenvalue weighted by Crippen LogP contribution is -2.53. The van der Waals surface area contributed by atoms with Crippen LogP contribution in [0.3, 0.4) is 0 Å². The van der Waals surface area contributed by atoms with E-state index < -0.39 is 0 Å². The molecule has 2 rings (SSSR count). The van der Waals surface area contributed by atoms with Crippen LogP contribution in [-0.4, -0.2) is 37.6 Å². The van der Waals surface area contributed by atoms with Crippen molar-refractivity contribution in [1.29, 1.82) is 0 Å². The van der Waals surface area contributed by atoms with Crippen LogP contribution >= 0.6 is 11.6 Å². The zero-order valence-corrected chi connectivity index (χ0v) is 10.2. The van der Waals surface area contributed by atoms with Gasteiger partial charge in [-0.1, -0.05) is 23.7 Å². The molecule has 3 N–H and O–H groups in total. The quantitative estimate of drug-likeness (QED) is 0.816. The Bertz CT molecular complexity index is 339. The van der Waals surface area contributed by atoms with Gasteiger partial charge >= 0.3 is 0 Å². The van der Waals surface area contributed by atoms with Crippen molar-refractivity contribution in [2.75, 3.05) is 26.7 Å². The van der Waals surface area contributed by atoms with Crippen LogP contribution in [0.15, 0.2) is 24.3 Å². The fraction of sp³-hybridized carbons (Fsp3) is 0.500. The summed E-state index contributed by atoms with van der Waals surface area (Å²) < 4.78 is 0. The number of nitrogens with one attached hydrogen (secondary N) is 1. The highest BCUT2D eigenvalue weighted by Gasteiger charge is 2.25. The highest BCUT2D eigenvalue weighted by molar-refractivity contribution is 6.30. The van der Waals surface area contributed by atoms with E-state index in [2.05, 4.69) is 17.3 Å². The van der Waals surface area contributed by atoms with E-state index >= 15 is 0 Å². The van der Waals surface area contributed by atoms with E-state index in [1.807, 2.05) is 24.3 Å². The fourth-order valence-corrected chi connectivity index (χ4v) is 2.26. The van der Waals surface area contributed by atoms with Gasteiger partial charge in [-0.25, -0.2) is 0 Å². The van der Waals surface area contributed by atoms with Gasteiger partial charge in [-0.15, -0.1) is 0 Å². The molecular weight excluding hydrogens is 222 g/mol. The summed E-state index contributed by atoms with van der Waals surface area (Å²) in [6, 6.07) is 8.20. The van der Waals surface area contributed by atoms with Gasteiger partial charge in [0.15, 0.2) is 0 Å². The van der Waals surface area contributed by atoms with Crippen molar-refractivity contribution in [3.05, 3.63) is 34.9 Å². The number of nitrogens with two attached hydrogens (primary N) is 1. The number of nitrogens with zero attached hydrogens (tertiary/aromatic N) is 1. The van der Waals surface area contributed by atoms with Gasteiger partial charge < -0.3 is 11.1 Å². The maximum absolute atomic E-state index is 6.29. The fourth-order valence-electron chi connectivity index (χ4n) is 2.14. The third-order valence-electron chi connectivity index (χ3n) is 3.23. The van der Waals surface area contributed by atoms with E-state index in [0.717, 1.165) is 30.2 Å². The van der Waals surface area contributed by atoms with Gasteiger partial charge in [-0.2, -0.15) is 0 Å². The van der Waals surface area contributed by atoms with Gasteiger partial charge in [0.1, 0.15) is 0 Å². The minimum atomic E-state index is 0.0371. The molecule has 88 valence electrons. The molecule has 1 aromatic carbocycles. The third kappa shape index (κ3) is 2.55. The summed E-state index contributed by atoms with van der Waals surface area (Å²) in [6.45, 7) is 3.03. The maximum atomic E-state index is 6.29. The summed E-state index contributed by atoms with van der Waals surface area (Å²) in [5.41, 5.74) is 7.43. The molecule has 0 aliphatic carbocycles. The highest BCUT2D eigenvalue weighted by atomic mass is 35.5. The molecule has 1 aromatic rings. The van der Waals surface area contributed by atoms with Gasteiger partial charge in [0.25, 0.3) is 0 Å². The maximum Gasteiger partial charge on any atom is 0.0465 e. The first-order chi connectivity index (χ1) is 7.68. The second kappa shape index (κ2) is 5.15. The summed E-state index contributed by atoms with van der Waals surface area (Å²) in [5.74, 6) is 0. The van der Waals surface area contributed by atoms with Gasteiger partial charge in [0.2, 0.25) is 0 Å². The van der Waals surface area contributed by atoms with Crippen molar-refractivity contribution in [2.24, 2.45) is 5.73 Å². The van der Waals surface area contributed by atoms with Crippen LogP contribution in [0.5, 0.6) is 0 Å². The van der Waals surface area contributed by atoms with Gasteiger partial charge in [-0.05, 0) is 24.7 Å². The average Bonchev–Trinajstić information content (AvgIpc) is 2.30. The minimum absolute atomic E-state index is 0.0371. The molecule has 3 nitrogen and oxygen atoms in total. The molecule has 1 saturated heterocycles. The van der Waals surface area contributed by atoms with E-state index in [1.54, 1.807) is 0 Å². The number of benzene rings is 1. The molecule has 0 bridgehead atoms. The number of hydrogen-bond donors (Lipinski definition) is 2. The van der Waals surface area contributed by atoms with Crippen LogP contribution in [0.2, 0.25) is 5.02 Å². The van der Waals surface area contributed by atoms with Crippen LogP contribution in [0, 0.1) is 0 Å². The molecule has 0 amide bonds. The standard InChI is InChI=1S/C12H18ClN3/c1-16-7-6-15-8-11(16)12(14)9-2-4-10(13)5-3-9/h2-5,11-12,15H,6-8,14H2,1H3. The lowest BCUT2D eigenvalue weighted by molar-refractivity contribution is 0.174. The molecule has 2 unspecified atom stereocenters. The molecule has 1 aliphatic rings. The monoisotopic (exact) mass is 239 g/mol. The van der Waals surface area contributed by atoms with Crippen LogP contribution in [0.1, 0.15) is 11.6 Å². The van der Waals surface area contributed by atoms with Crippen molar-refractivity contribution in [3.8, 4) is 0 Å². The van der Waals surface area contributed by atoms with Gasteiger partial charge in [-0.3, -0.25) is 4.90 Å². The Balaban J connectivity index is 2.11. The van der Waals surface area contributed by atoms with Gasteiger partial charge in [0, 0.05) is 36.7 Å². The molecule has 0 aromatic heterocycles. The summed E-state index contributed by atoms with van der Waals surface area (Å²) >= 11 is 5.87. The molecule has 1 fully saturated rings. The Morgan fingerprint density at radius 3 is 2.75 bits per heavy atom. The molecule has 1 aliphatic heterocycles. The summed E-state index contributed by atoms with van der Waals surface area (Å²) in [5, 5.41) is 4.14. The lowest BCUT2D eigenvalue weighted by Gasteiger charge is -2.37. The Morgan fingerprint density at radius 2 is 2.12 bits per heavy atom. The largest absolute Gasteiger partial charge is 0.323 e. The van der Waals surface area contributed by atoms with E-state index in [4.69, 9.17) is 17.3 Å². The topological polar surface area (TPSA) is 41.3 Å². The molecule has 0 saturated carbocycles. The number of hydrogen-bond acceptors (Lipinski definition) is 3. The zero-order valence-electron chi connectivity index (χ0n) is 9.49. The van der Waals surface area contributed by atoms with Crippen molar-refractivity contribution in [2.45, 2.75) is 12.1 Å². The first-order valence-corrected chi connectivity index (χ1v) is 5.98. The van der Waals surface area contributed by atoms with Crippen LogP contribution in [-0.2, 0) is 0 Å². The van der Waals surface area contributed by atoms with Crippen molar-refractivity contribution < 1.29 is 0 Å². The van der Waals surface area contributed by atoms with Gasteiger partial charge in [0.05, 0.1) is 0 Å². The Kier molecular flexibility index (Phi) is 3.82. The van der Waals surface area contributed by atoms with Crippen molar-refractivity contribution in [1.82, 2.24) is 10.2 Å². The van der Waals surface area contributed by atoms with Crippen LogP contribution in [0.4, 0.5) is 0 Å². The summed E-state index contributed by atoms with van der Waals surface area (Å²) in [4.78, 5) is 2.32. The number of rotatable bonds is 2. The Morgan fingerprint density at radius 1 is 1.44 bits per heavy atom. The Hall–Kier alpha value is -0.610. The molecule has 0 spiro atoms. The minimum Gasteiger partial charge on any atom is -0.323 e. The average molecular weight is 240 g/mol. The highest BCUT2D eigenvalue weighted by Crippen LogP contribution is 2.20. The molecule has 16 heavy (non-hydrogen) atoms. The van der Waals surface area contributed by atoms with Crippen molar-refractivity contribution >= 4 is 11.6 Å². The van der Waals surface area contributed by atoms with Crippen LogP contribution in [0.25, 0.3) is 0 Å². The number of halogens is 1. The molecule has 1 heterocycles. The first-order valence-electron chi connectivity index (χ1n) is 5.60. The summed E-state index contributed by atoms with van der Waals surface area (Å²) in [6.07, 6.45) is 0. The molecule has 0 radical (unpaired) electrons. The second-order valence-electron chi connectivity index (χ2n) is 4.33. The van der Waals surface area contributed by atoms with Crippen molar-refractivity contribution in [3.63, 3.8) is 0 Å². The zero-order chi connectivity index (χ0) is 11.5. The predicted molar refractivity (Wildman–Crippen MR) is 67.7 cm³/mol. The molecular formula is C12H18ClN3. The summed E-state index contributed by atoms with van der Waals surface area (Å²) in [7, 11) is 2.13.